The first-order chi connectivity index (χ1) is 10.4. The van der Waals surface area contributed by atoms with Crippen molar-refractivity contribution < 1.29 is 24.4 Å². The van der Waals surface area contributed by atoms with E-state index in [2.05, 4.69) is 9.97 Å². The quantitative estimate of drug-likeness (QED) is 0.596. The molecule has 2 aromatic rings. The fourth-order valence-corrected chi connectivity index (χ4v) is 2.60. The van der Waals surface area contributed by atoms with Crippen molar-refractivity contribution >= 4 is 11.0 Å². The van der Waals surface area contributed by atoms with Crippen LogP contribution in [0.5, 0.6) is 0 Å². The van der Waals surface area contributed by atoms with Gasteiger partial charge in [0.25, 0.3) is 5.56 Å². The van der Waals surface area contributed by atoms with Crippen molar-refractivity contribution in [2.45, 2.75) is 31.3 Å². The van der Waals surface area contributed by atoms with Crippen molar-refractivity contribution in [2.75, 3.05) is 6.61 Å². The second-order valence-electron chi connectivity index (χ2n) is 5.33. The van der Waals surface area contributed by atoms with Gasteiger partial charge in [-0.25, -0.2) is 9.37 Å². The molecule has 4 N–H and O–H groups in total. The highest BCUT2D eigenvalue weighted by Gasteiger charge is 2.44. The minimum atomic E-state index is -1.39. The zero-order valence-corrected chi connectivity index (χ0v) is 11.7. The number of rotatable bonds is 2. The summed E-state index contributed by atoms with van der Waals surface area (Å²) in [5.74, 6) is -0.533. The topological polar surface area (TPSA) is 116 Å². The van der Waals surface area contributed by atoms with E-state index in [1.54, 1.807) is 6.92 Å². The van der Waals surface area contributed by atoms with E-state index in [-0.39, 0.29) is 16.6 Å². The van der Waals surface area contributed by atoms with Gasteiger partial charge in [0, 0.05) is 17.3 Å². The largest absolute Gasteiger partial charge is 0.394 e. The maximum absolute atomic E-state index is 14.2. The predicted molar refractivity (Wildman–Crippen MR) is 73.8 cm³/mol. The molecular weight excluding hydrogens is 295 g/mol. The molecule has 1 aliphatic rings. The summed E-state index contributed by atoms with van der Waals surface area (Å²) in [5, 5.41) is 28.9. The number of pyridine rings is 2. The maximum Gasteiger partial charge on any atom is 0.255 e. The lowest BCUT2D eigenvalue weighted by Crippen LogP contribution is -2.33. The monoisotopic (exact) mass is 310 g/mol. The lowest BCUT2D eigenvalue weighted by atomic mass is 10.0. The standard InChI is InChI=1S/C14H15FN2O5/c1-5-3-16-13-6(9(5)15)2-7(14(21)17-13)12-11(20)10(19)8(4-18)22-12/h2-3,8,10-12,18-20H,4H2,1H3,(H,16,17,21)/t8-,10?,11?,12+/m1/s1. The Kier molecular flexibility index (Phi) is 3.69. The average molecular weight is 310 g/mol. The molecule has 0 saturated carbocycles. The van der Waals surface area contributed by atoms with Crippen molar-refractivity contribution in [1.29, 1.82) is 0 Å². The number of nitrogens with zero attached hydrogens (tertiary/aromatic N) is 1. The molecule has 7 nitrogen and oxygen atoms in total. The number of aryl methyl sites for hydroxylation is 1. The van der Waals surface area contributed by atoms with Crippen molar-refractivity contribution in [2.24, 2.45) is 0 Å². The molecule has 1 saturated heterocycles. The van der Waals surface area contributed by atoms with Crippen LogP contribution in [0.3, 0.4) is 0 Å². The fourth-order valence-electron chi connectivity index (χ4n) is 2.60. The number of aromatic nitrogens is 2. The number of hydrogen-bond acceptors (Lipinski definition) is 6. The molecule has 1 aliphatic heterocycles. The van der Waals surface area contributed by atoms with E-state index in [4.69, 9.17) is 9.84 Å². The van der Waals surface area contributed by atoms with Crippen LogP contribution in [0.2, 0.25) is 0 Å². The highest BCUT2D eigenvalue weighted by molar-refractivity contribution is 5.76. The summed E-state index contributed by atoms with van der Waals surface area (Å²) in [4.78, 5) is 18.5. The van der Waals surface area contributed by atoms with Gasteiger partial charge in [-0.05, 0) is 13.0 Å². The maximum atomic E-state index is 14.2. The molecular formula is C14H15FN2O5. The van der Waals surface area contributed by atoms with Crippen LogP contribution in [-0.2, 0) is 4.74 Å². The SMILES string of the molecule is Cc1cnc2[nH]c(=O)c([C@@H]3O[C@H](CO)C(O)C3O)cc2c1F. The molecule has 3 heterocycles. The van der Waals surface area contributed by atoms with Crippen molar-refractivity contribution in [3.05, 3.63) is 39.6 Å². The van der Waals surface area contributed by atoms with Crippen LogP contribution >= 0.6 is 0 Å². The van der Waals surface area contributed by atoms with Crippen molar-refractivity contribution in [3.63, 3.8) is 0 Å². The molecule has 3 rings (SSSR count). The minimum Gasteiger partial charge on any atom is -0.394 e. The molecule has 8 heteroatoms. The van der Waals surface area contributed by atoms with Crippen molar-refractivity contribution in [1.82, 2.24) is 9.97 Å². The third-order valence-corrected chi connectivity index (χ3v) is 3.87. The molecule has 1 fully saturated rings. The first-order valence-corrected chi connectivity index (χ1v) is 6.74. The van der Waals surface area contributed by atoms with Gasteiger partial charge in [0.05, 0.1) is 12.0 Å². The Morgan fingerprint density at radius 2 is 2.14 bits per heavy atom. The summed E-state index contributed by atoms with van der Waals surface area (Å²) in [6.07, 6.45) is -3.57. The van der Waals surface area contributed by atoms with Gasteiger partial charge in [-0.3, -0.25) is 4.79 Å². The van der Waals surface area contributed by atoms with E-state index >= 15 is 0 Å². The van der Waals surface area contributed by atoms with Crippen molar-refractivity contribution in [3.8, 4) is 0 Å². The normalized spacial score (nSPS) is 28.4. The Morgan fingerprint density at radius 1 is 1.41 bits per heavy atom. The van der Waals surface area contributed by atoms with E-state index < -0.39 is 42.4 Å². The third-order valence-electron chi connectivity index (χ3n) is 3.87. The Balaban J connectivity index is 2.13. The number of halogens is 1. The van der Waals surface area contributed by atoms with Gasteiger partial charge >= 0.3 is 0 Å². The van der Waals surface area contributed by atoms with Crippen LogP contribution < -0.4 is 5.56 Å². The number of H-pyrrole nitrogens is 1. The van der Waals surface area contributed by atoms with Crippen LogP contribution in [0, 0.1) is 12.7 Å². The highest BCUT2D eigenvalue weighted by atomic mass is 19.1. The molecule has 0 aromatic carbocycles. The van der Waals surface area contributed by atoms with Crippen LogP contribution in [0.15, 0.2) is 17.1 Å². The minimum absolute atomic E-state index is 0.0266. The van der Waals surface area contributed by atoms with Gasteiger partial charge in [-0.15, -0.1) is 0 Å². The van der Waals surface area contributed by atoms with Gasteiger partial charge in [0.15, 0.2) is 0 Å². The van der Waals surface area contributed by atoms with Gasteiger partial charge in [0.2, 0.25) is 0 Å². The number of aliphatic hydroxyl groups excluding tert-OH is 3. The second kappa shape index (κ2) is 5.40. The Labute approximate surface area is 124 Å². The van der Waals surface area contributed by atoms with Gasteiger partial charge in [0.1, 0.15) is 35.9 Å². The number of fused-ring (bicyclic) bond motifs is 1. The molecule has 22 heavy (non-hydrogen) atoms. The molecule has 4 atom stereocenters. The fraction of sp³-hybridized carbons (Fsp3) is 0.429. The Morgan fingerprint density at radius 3 is 2.77 bits per heavy atom. The number of aliphatic hydroxyl groups is 3. The van der Waals surface area contributed by atoms with Crippen LogP contribution in [0.1, 0.15) is 17.2 Å². The number of nitrogens with one attached hydrogen (secondary N) is 1. The Hall–Kier alpha value is -1.87. The lowest BCUT2D eigenvalue weighted by molar-refractivity contribution is -0.0231. The predicted octanol–water partition coefficient (Wildman–Crippen LogP) is -0.475. The van der Waals surface area contributed by atoms with E-state index in [0.717, 1.165) is 0 Å². The summed E-state index contributed by atoms with van der Waals surface area (Å²) in [6, 6.07) is 1.25. The molecule has 0 amide bonds. The van der Waals surface area contributed by atoms with Crippen LogP contribution in [-0.4, -0.2) is 50.2 Å². The summed E-state index contributed by atoms with van der Waals surface area (Å²) in [6.45, 7) is 1.04. The van der Waals surface area contributed by atoms with Crippen LogP contribution in [0.25, 0.3) is 11.0 Å². The summed E-state index contributed by atoms with van der Waals surface area (Å²) in [7, 11) is 0. The molecule has 2 unspecified atom stereocenters. The molecule has 118 valence electrons. The average Bonchev–Trinajstić information content (AvgIpc) is 2.79. The lowest BCUT2D eigenvalue weighted by Gasteiger charge is -2.15. The number of hydrogen-bond donors (Lipinski definition) is 4. The number of aromatic amines is 1. The molecule has 2 aromatic heterocycles. The number of ether oxygens (including phenoxy) is 1. The molecule has 0 bridgehead atoms. The second-order valence-corrected chi connectivity index (χ2v) is 5.33. The first kappa shape index (κ1) is 15.0. The van der Waals surface area contributed by atoms with E-state index in [1.807, 2.05) is 0 Å². The molecule has 0 radical (unpaired) electrons. The van der Waals surface area contributed by atoms with Gasteiger partial charge < -0.3 is 25.0 Å². The summed E-state index contributed by atoms with van der Waals surface area (Å²) < 4.78 is 19.5. The first-order valence-electron chi connectivity index (χ1n) is 6.74. The van der Waals surface area contributed by atoms with Gasteiger partial charge in [-0.2, -0.15) is 0 Å². The zero-order valence-electron chi connectivity index (χ0n) is 11.7. The molecule has 0 spiro atoms. The summed E-state index contributed by atoms with van der Waals surface area (Å²) >= 11 is 0. The van der Waals surface area contributed by atoms with Gasteiger partial charge in [-0.1, -0.05) is 0 Å². The van der Waals surface area contributed by atoms with E-state index in [0.29, 0.717) is 5.56 Å². The third kappa shape index (κ3) is 2.20. The summed E-state index contributed by atoms with van der Waals surface area (Å²) in [5.41, 5.74) is -0.227. The molecule has 0 aliphatic carbocycles. The Bertz CT molecular complexity index is 778. The van der Waals surface area contributed by atoms with Crippen LogP contribution in [0.4, 0.5) is 4.39 Å². The van der Waals surface area contributed by atoms with E-state index in [9.17, 15) is 19.4 Å². The highest BCUT2D eigenvalue weighted by Crippen LogP contribution is 2.33. The smallest absolute Gasteiger partial charge is 0.255 e. The zero-order chi connectivity index (χ0) is 16.0. The van der Waals surface area contributed by atoms with E-state index in [1.165, 1.54) is 12.3 Å².